The first-order valence-electron chi connectivity index (χ1n) is 10.2. The fourth-order valence-electron chi connectivity index (χ4n) is 3.71. The van der Waals surface area contributed by atoms with Gasteiger partial charge in [0.05, 0.1) is 22.7 Å². The van der Waals surface area contributed by atoms with Gasteiger partial charge in [-0.25, -0.2) is 4.98 Å². The van der Waals surface area contributed by atoms with Gasteiger partial charge in [-0.05, 0) is 57.0 Å². The first-order chi connectivity index (χ1) is 14.5. The molecule has 1 N–H and O–H groups in total. The molecule has 1 amide bonds. The molecular formula is C23H25N3O3S. The number of thiazole rings is 1. The molecule has 1 saturated heterocycles. The fourth-order valence-corrected chi connectivity index (χ4v) is 4.74. The van der Waals surface area contributed by atoms with Crippen molar-refractivity contribution in [1.29, 1.82) is 0 Å². The number of nitrogens with zero attached hydrogens (tertiary/aromatic N) is 2. The molecule has 3 aromatic rings. The van der Waals surface area contributed by atoms with Crippen molar-refractivity contribution in [3.8, 4) is 5.75 Å². The SMILES string of the molecule is CCOc1ccc2nc(N3CCC[C@H](C(=O)Nc4cccc(C(C)=O)c4)C3)sc2c1. The maximum absolute atomic E-state index is 12.9. The van der Waals surface area contributed by atoms with E-state index in [0.29, 0.717) is 24.4 Å². The summed E-state index contributed by atoms with van der Waals surface area (Å²) in [6, 6.07) is 13.0. The Balaban J connectivity index is 1.46. The van der Waals surface area contributed by atoms with Crippen LogP contribution < -0.4 is 15.0 Å². The molecule has 1 aliphatic heterocycles. The molecule has 2 aromatic carbocycles. The number of nitrogens with one attached hydrogen (secondary N) is 1. The van der Waals surface area contributed by atoms with Gasteiger partial charge in [-0.2, -0.15) is 0 Å². The number of piperidine rings is 1. The summed E-state index contributed by atoms with van der Waals surface area (Å²) in [5.41, 5.74) is 2.21. The number of benzene rings is 2. The second-order valence-corrected chi connectivity index (χ2v) is 8.48. The number of hydrogen-bond acceptors (Lipinski definition) is 6. The zero-order valence-electron chi connectivity index (χ0n) is 17.2. The number of rotatable bonds is 6. The average molecular weight is 424 g/mol. The van der Waals surface area contributed by atoms with E-state index in [1.54, 1.807) is 29.5 Å². The molecule has 30 heavy (non-hydrogen) atoms. The zero-order valence-corrected chi connectivity index (χ0v) is 18.0. The van der Waals surface area contributed by atoms with Gasteiger partial charge in [0.2, 0.25) is 5.91 Å². The largest absolute Gasteiger partial charge is 0.494 e. The summed E-state index contributed by atoms with van der Waals surface area (Å²) in [5.74, 6) is 0.702. The molecule has 6 nitrogen and oxygen atoms in total. The molecule has 4 rings (SSSR count). The van der Waals surface area contributed by atoms with E-state index in [1.165, 1.54) is 6.92 Å². The molecule has 1 aromatic heterocycles. The number of amides is 1. The van der Waals surface area contributed by atoms with Gasteiger partial charge in [-0.15, -0.1) is 0 Å². The third kappa shape index (κ3) is 4.46. The lowest BCUT2D eigenvalue weighted by Crippen LogP contribution is -2.40. The maximum atomic E-state index is 12.9. The molecular weight excluding hydrogens is 398 g/mol. The van der Waals surface area contributed by atoms with Crippen LogP contribution in [-0.2, 0) is 4.79 Å². The number of ether oxygens (including phenoxy) is 1. The zero-order chi connectivity index (χ0) is 21.1. The third-order valence-corrected chi connectivity index (χ3v) is 6.34. The number of Topliss-reactive ketones (excluding diaryl/α,β-unsaturated/α-hetero) is 1. The van der Waals surface area contributed by atoms with Crippen molar-refractivity contribution in [3.05, 3.63) is 48.0 Å². The van der Waals surface area contributed by atoms with Crippen molar-refractivity contribution in [2.75, 3.05) is 29.9 Å². The smallest absolute Gasteiger partial charge is 0.229 e. The van der Waals surface area contributed by atoms with Crippen LogP contribution in [0.3, 0.4) is 0 Å². The normalized spacial score (nSPS) is 16.5. The Morgan fingerprint density at radius 2 is 2.13 bits per heavy atom. The van der Waals surface area contributed by atoms with Gasteiger partial charge in [-0.3, -0.25) is 9.59 Å². The predicted octanol–water partition coefficient (Wildman–Crippen LogP) is 4.75. The van der Waals surface area contributed by atoms with E-state index in [4.69, 9.17) is 9.72 Å². The lowest BCUT2D eigenvalue weighted by atomic mass is 9.97. The highest BCUT2D eigenvalue weighted by atomic mass is 32.1. The van der Waals surface area contributed by atoms with Crippen molar-refractivity contribution in [2.24, 2.45) is 5.92 Å². The van der Waals surface area contributed by atoms with Crippen molar-refractivity contribution >= 4 is 44.1 Å². The lowest BCUT2D eigenvalue weighted by molar-refractivity contribution is -0.120. The van der Waals surface area contributed by atoms with Crippen molar-refractivity contribution in [2.45, 2.75) is 26.7 Å². The van der Waals surface area contributed by atoms with Crippen LogP contribution in [0.1, 0.15) is 37.0 Å². The highest BCUT2D eigenvalue weighted by Crippen LogP contribution is 2.33. The lowest BCUT2D eigenvalue weighted by Gasteiger charge is -2.31. The molecule has 1 atom stereocenters. The molecule has 0 bridgehead atoms. The topological polar surface area (TPSA) is 71.5 Å². The van der Waals surface area contributed by atoms with E-state index in [-0.39, 0.29) is 17.6 Å². The maximum Gasteiger partial charge on any atom is 0.229 e. The molecule has 0 spiro atoms. The van der Waals surface area contributed by atoms with Gasteiger partial charge < -0.3 is 15.0 Å². The molecule has 0 saturated carbocycles. The summed E-state index contributed by atoms with van der Waals surface area (Å²) in [5, 5.41) is 3.92. The summed E-state index contributed by atoms with van der Waals surface area (Å²) in [6.45, 7) is 5.65. The van der Waals surface area contributed by atoms with E-state index >= 15 is 0 Å². The Hall–Kier alpha value is -2.93. The van der Waals surface area contributed by atoms with Crippen molar-refractivity contribution < 1.29 is 14.3 Å². The van der Waals surface area contributed by atoms with Gasteiger partial charge in [0.25, 0.3) is 0 Å². The molecule has 156 valence electrons. The molecule has 7 heteroatoms. The van der Waals surface area contributed by atoms with Crippen LogP contribution in [-0.4, -0.2) is 36.4 Å². The Labute approximate surface area is 179 Å². The van der Waals surface area contributed by atoms with Gasteiger partial charge >= 0.3 is 0 Å². The van der Waals surface area contributed by atoms with E-state index in [0.717, 1.165) is 40.5 Å². The third-order valence-electron chi connectivity index (χ3n) is 5.26. The molecule has 0 radical (unpaired) electrons. The molecule has 0 aliphatic carbocycles. The Morgan fingerprint density at radius 1 is 1.27 bits per heavy atom. The van der Waals surface area contributed by atoms with Crippen LogP contribution in [0.15, 0.2) is 42.5 Å². The van der Waals surface area contributed by atoms with Gasteiger partial charge in [0, 0.05) is 24.3 Å². The molecule has 1 aliphatic rings. The first-order valence-corrected chi connectivity index (χ1v) is 11.1. The Morgan fingerprint density at radius 3 is 2.93 bits per heavy atom. The highest BCUT2D eigenvalue weighted by Gasteiger charge is 2.27. The highest BCUT2D eigenvalue weighted by molar-refractivity contribution is 7.22. The summed E-state index contributed by atoms with van der Waals surface area (Å²) < 4.78 is 6.67. The van der Waals surface area contributed by atoms with Crippen LogP contribution in [0.4, 0.5) is 10.8 Å². The van der Waals surface area contributed by atoms with Crippen LogP contribution in [0.25, 0.3) is 10.2 Å². The van der Waals surface area contributed by atoms with Crippen LogP contribution >= 0.6 is 11.3 Å². The number of aromatic nitrogens is 1. The van der Waals surface area contributed by atoms with E-state index < -0.39 is 0 Å². The van der Waals surface area contributed by atoms with E-state index in [9.17, 15) is 9.59 Å². The minimum Gasteiger partial charge on any atom is -0.494 e. The van der Waals surface area contributed by atoms with Crippen molar-refractivity contribution in [3.63, 3.8) is 0 Å². The quantitative estimate of drug-likeness (QED) is 0.579. The molecule has 2 heterocycles. The predicted molar refractivity (Wildman–Crippen MR) is 121 cm³/mol. The molecule has 0 unspecified atom stereocenters. The van der Waals surface area contributed by atoms with E-state index in [1.807, 2.05) is 31.2 Å². The minimum absolute atomic E-state index is 0.0138. The fraction of sp³-hybridized carbons (Fsp3) is 0.348. The number of carbonyl (C=O) groups is 2. The second kappa shape index (κ2) is 8.83. The Bertz CT molecular complexity index is 1080. The van der Waals surface area contributed by atoms with Gasteiger partial charge in [0.15, 0.2) is 10.9 Å². The molecule has 1 fully saturated rings. The number of anilines is 2. The summed E-state index contributed by atoms with van der Waals surface area (Å²) in [4.78, 5) is 31.4. The van der Waals surface area contributed by atoms with Crippen molar-refractivity contribution in [1.82, 2.24) is 4.98 Å². The first kappa shape index (κ1) is 20.3. The number of fused-ring (bicyclic) bond motifs is 1. The number of hydrogen-bond donors (Lipinski definition) is 1. The number of ketones is 1. The minimum atomic E-state index is -0.120. The second-order valence-electron chi connectivity index (χ2n) is 7.47. The van der Waals surface area contributed by atoms with Crippen LogP contribution in [0.2, 0.25) is 0 Å². The van der Waals surface area contributed by atoms with E-state index in [2.05, 4.69) is 10.2 Å². The summed E-state index contributed by atoms with van der Waals surface area (Å²) >= 11 is 1.63. The summed E-state index contributed by atoms with van der Waals surface area (Å²) in [7, 11) is 0. The van der Waals surface area contributed by atoms with Crippen LogP contribution in [0, 0.1) is 5.92 Å². The van der Waals surface area contributed by atoms with Crippen LogP contribution in [0.5, 0.6) is 5.75 Å². The standard InChI is InChI=1S/C23H25N3O3S/c1-3-29-19-9-10-20-21(13-19)30-23(25-20)26-11-5-7-17(14-26)22(28)24-18-8-4-6-16(12-18)15(2)27/h4,6,8-10,12-13,17H,3,5,7,11,14H2,1-2H3,(H,24,28)/t17-/m0/s1. The van der Waals surface area contributed by atoms with Gasteiger partial charge in [0.1, 0.15) is 5.75 Å². The average Bonchev–Trinajstić information content (AvgIpc) is 3.18. The van der Waals surface area contributed by atoms with Gasteiger partial charge in [-0.1, -0.05) is 23.5 Å². The Kier molecular flexibility index (Phi) is 5.99. The monoisotopic (exact) mass is 423 g/mol. The summed E-state index contributed by atoms with van der Waals surface area (Å²) in [6.07, 6.45) is 1.78. The number of carbonyl (C=O) groups excluding carboxylic acids is 2.